The Labute approximate surface area is 101 Å². The summed E-state index contributed by atoms with van der Waals surface area (Å²) in [5.74, 6) is 0. The molecule has 1 N–H and O–H groups in total. The van der Waals surface area contributed by atoms with Crippen LogP contribution in [0.25, 0.3) is 0 Å². The Morgan fingerprint density at radius 1 is 1.13 bits per heavy atom. The van der Waals surface area contributed by atoms with Crippen molar-refractivity contribution in [3.8, 4) is 0 Å². The summed E-state index contributed by atoms with van der Waals surface area (Å²) in [5.41, 5.74) is 3.03. The van der Waals surface area contributed by atoms with Gasteiger partial charge < -0.3 is 5.32 Å². The first-order valence-corrected chi connectivity index (χ1v) is 6.53. The summed E-state index contributed by atoms with van der Waals surface area (Å²) in [5, 5.41) is 4.55. The zero-order valence-corrected chi connectivity index (χ0v) is 11.4. The topological polar surface area (TPSA) is 12.0 Å². The average molecular weight is 270 g/mol. The Morgan fingerprint density at radius 3 is 2.27 bits per heavy atom. The molecule has 15 heavy (non-hydrogen) atoms. The van der Waals surface area contributed by atoms with Gasteiger partial charge in [-0.15, -0.1) is 0 Å². The maximum absolute atomic E-state index is 3.52. The molecular weight excluding hydrogens is 250 g/mol. The van der Waals surface area contributed by atoms with E-state index in [1.807, 2.05) is 0 Å². The third-order valence-corrected chi connectivity index (χ3v) is 2.69. The molecule has 0 radical (unpaired) electrons. The van der Waals surface area contributed by atoms with Gasteiger partial charge in [-0.3, -0.25) is 0 Å². The lowest BCUT2D eigenvalue weighted by atomic mass is 10.0. The number of nitrogens with one attached hydrogen (secondary N) is 1. The molecule has 2 heteroatoms. The Bertz CT molecular complexity index is 302. The molecule has 0 amide bonds. The SMILES string of the molecule is CC(C)(C)NCc1ccccc1CCBr. The molecule has 0 saturated heterocycles. The minimum absolute atomic E-state index is 0.182. The summed E-state index contributed by atoms with van der Waals surface area (Å²) in [6.07, 6.45) is 1.10. The molecule has 1 aromatic carbocycles. The number of hydrogen-bond acceptors (Lipinski definition) is 1. The molecule has 0 aliphatic heterocycles. The van der Waals surface area contributed by atoms with Gasteiger partial charge in [0.05, 0.1) is 0 Å². The van der Waals surface area contributed by atoms with Crippen LogP contribution < -0.4 is 5.32 Å². The van der Waals surface area contributed by atoms with Gasteiger partial charge in [-0.2, -0.15) is 0 Å². The monoisotopic (exact) mass is 269 g/mol. The van der Waals surface area contributed by atoms with Crippen molar-refractivity contribution in [2.75, 3.05) is 5.33 Å². The average Bonchev–Trinajstić information content (AvgIpc) is 2.16. The second-order valence-corrected chi connectivity index (χ2v) is 5.60. The molecular formula is C13H20BrN. The second kappa shape index (κ2) is 5.66. The number of halogens is 1. The summed E-state index contributed by atoms with van der Waals surface area (Å²) in [6.45, 7) is 7.53. The van der Waals surface area contributed by atoms with Crippen LogP contribution in [-0.4, -0.2) is 10.9 Å². The highest BCUT2D eigenvalue weighted by Crippen LogP contribution is 2.12. The van der Waals surface area contributed by atoms with E-state index in [1.165, 1.54) is 11.1 Å². The van der Waals surface area contributed by atoms with Crippen LogP contribution in [0.2, 0.25) is 0 Å². The molecule has 0 aliphatic rings. The van der Waals surface area contributed by atoms with Crippen LogP contribution in [0.1, 0.15) is 31.9 Å². The minimum Gasteiger partial charge on any atom is -0.308 e. The van der Waals surface area contributed by atoms with Crippen LogP contribution in [0.15, 0.2) is 24.3 Å². The molecule has 1 rings (SSSR count). The normalized spacial score (nSPS) is 11.7. The summed E-state index contributed by atoms with van der Waals surface area (Å²) in [7, 11) is 0. The van der Waals surface area contributed by atoms with Crippen LogP contribution in [0.4, 0.5) is 0 Å². The van der Waals surface area contributed by atoms with Crippen LogP contribution in [0, 0.1) is 0 Å². The summed E-state index contributed by atoms with van der Waals surface area (Å²) >= 11 is 3.49. The van der Waals surface area contributed by atoms with E-state index in [0.29, 0.717) is 0 Å². The van der Waals surface area contributed by atoms with Crippen LogP contribution >= 0.6 is 15.9 Å². The maximum atomic E-state index is 3.52. The van der Waals surface area contributed by atoms with E-state index in [-0.39, 0.29) is 5.54 Å². The van der Waals surface area contributed by atoms with Gasteiger partial charge in [-0.1, -0.05) is 40.2 Å². The van der Waals surface area contributed by atoms with E-state index in [9.17, 15) is 0 Å². The largest absolute Gasteiger partial charge is 0.308 e. The molecule has 0 fully saturated rings. The van der Waals surface area contributed by atoms with E-state index in [2.05, 4.69) is 66.3 Å². The van der Waals surface area contributed by atoms with Crippen molar-refractivity contribution in [3.05, 3.63) is 35.4 Å². The molecule has 0 bridgehead atoms. The van der Waals surface area contributed by atoms with Gasteiger partial charge in [0.25, 0.3) is 0 Å². The van der Waals surface area contributed by atoms with Crippen LogP contribution in [0.5, 0.6) is 0 Å². The van der Waals surface area contributed by atoms with Crippen molar-refractivity contribution in [3.63, 3.8) is 0 Å². The Morgan fingerprint density at radius 2 is 1.73 bits per heavy atom. The molecule has 0 saturated carbocycles. The van der Waals surface area contributed by atoms with E-state index >= 15 is 0 Å². The molecule has 1 nitrogen and oxygen atoms in total. The first-order chi connectivity index (χ1) is 7.03. The van der Waals surface area contributed by atoms with Crippen molar-refractivity contribution in [1.82, 2.24) is 5.32 Å². The van der Waals surface area contributed by atoms with E-state index in [1.54, 1.807) is 0 Å². The predicted octanol–water partition coefficient (Wildman–Crippen LogP) is 3.51. The fourth-order valence-electron chi connectivity index (χ4n) is 1.44. The molecule has 0 atom stereocenters. The first kappa shape index (κ1) is 12.7. The molecule has 1 aromatic rings. The van der Waals surface area contributed by atoms with Gasteiger partial charge in [0.15, 0.2) is 0 Å². The van der Waals surface area contributed by atoms with Gasteiger partial charge in [0.2, 0.25) is 0 Å². The lowest BCUT2D eigenvalue weighted by Gasteiger charge is -2.21. The standard InChI is InChI=1S/C13H20BrN/c1-13(2,3)15-10-12-7-5-4-6-11(12)8-9-14/h4-7,15H,8-10H2,1-3H3. The van der Waals surface area contributed by atoms with Crippen LogP contribution in [0.3, 0.4) is 0 Å². The highest BCUT2D eigenvalue weighted by molar-refractivity contribution is 9.09. The quantitative estimate of drug-likeness (QED) is 0.825. The minimum atomic E-state index is 0.182. The Kier molecular flexibility index (Phi) is 4.81. The summed E-state index contributed by atoms with van der Waals surface area (Å²) < 4.78 is 0. The van der Waals surface area contributed by atoms with Gasteiger partial charge in [-0.05, 0) is 38.3 Å². The number of alkyl halides is 1. The number of rotatable bonds is 4. The molecule has 0 aliphatic carbocycles. The second-order valence-electron chi connectivity index (χ2n) is 4.81. The van der Waals surface area contributed by atoms with Crippen molar-refractivity contribution in [2.45, 2.75) is 39.3 Å². The van der Waals surface area contributed by atoms with Crippen molar-refractivity contribution < 1.29 is 0 Å². The zero-order valence-electron chi connectivity index (χ0n) is 9.81. The smallest absolute Gasteiger partial charge is 0.0213 e. The zero-order chi connectivity index (χ0) is 11.3. The van der Waals surface area contributed by atoms with Gasteiger partial charge >= 0.3 is 0 Å². The van der Waals surface area contributed by atoms with Crippen molar-refractivity contribution in [1.29, 1.82) is 0 Å². The maximum Gasteiger partial charge on any atom is 0.0213 e. The van der Waals surface area contributed by atoms with Gasteiger partial charge in [0.1, 0.15) is 0 Å². The van der Waals surface area contributed by atoms with Crippen LogP contribution in [-0.2, 0) is 13.0 Å². The lowest BCUT2D eigenvalue weighted by molar-refractivity contribution is 0.423. The summed E-state index contributed by atoms with van der Waals surface area (Å²) in [6, 6.07) is 8.63. The number of benzene rings is 1. The fraction of sp³-hybridized carbons (Fsp3) is 0.538. The first-order valence-electron chi connectivity index (χ1n) is 5.41. The number of hydrogen-bond donors (Lipinski definition) is 1. The Balaban J connectivity index is 2.67. The van der Waals surface area contributed by atoms with E-state index < -0.39 is 0 Å². The lowest BCUT2D eigenvalue weighted by Crippen LogP contribution is -2.35. The third-order valence-electron chi connectivity index (χ3n) is 2.29. The van der Waals surface area contributed by atoms with Crippen molar-refractivity contribution >= 4 is 15.9 Å². The van der Waals surface area contributed by atoms with Crippen molar-refractivity contribution in [2.24, 2.45) is 0 Å². The highest BCUT2D eigenvalue weighted by atomic mass is 79.9. The molecule has 84 valence electrons. The number of aryl methyl sites for hydroxylation is 1. The molecule has 0 unspecified atom stereocenters. The summed E-state index contributed by atoms with van der Waals surface area (Å²) in [4.78, 5) is 0. The fourth-order valence-corrected chi connectivity index (χ4v) is 1.86. The van der Waals surface area contributed by atoms with Gasteiger partial charge in [0, 0.05) is 17.4 Å². The van der Waals surface area contributed by atoms with Gasteiger partial charge in [-0.25, -0.2) is 0 Å². The highest BCUT2D eigenvalue weighted by Gasteiger charge is 2.09. The van der Waals surface area contributed by atoms with E-state index in [4.69, 9.17) is 0 Å². The molecule has 0 aromatic heterocycles. The third kappa shape index (κ3) is 4.80. The predicted molar refractivity (Wildman–Crippen MR) is 70.5 cm³/mol. The molecule has 0 heterocycles. The molecule has 0 spiro atoms. The van der Waals surface area contributed by atoms with E-state index in [0.717, 1.165) is 18.3 Å². The Hall–Kier alpha value is -0.340.